The molecule has 0 atom stereocenters. The van der Waals surface area contributed by atoms with Crippen molar-refractivity contribution in [1.82, 2.24) is 9.13 Å². The van der Waals surface area contributed by atoms with Crippen molar-refractivity contribution in [2.75, 3.05) is 0 Å². The maximum atomic E-state index is 10.5. The van der Waals surface area contributed by atoms with Crippen molar-refractivity contribution < 1.29 is 83.1 Å². The zero-order valence-electron chi connectivity index (χ0n) is 16.5. The molecule has 0 spiro atoms. The van der Waals surface area contributed by atoms with Crippen LogP contribution in [0.1, 0.15) is 0 Å². The van der Waals surface area contributed by atoms with Crippen LogP contribution >= 0.6 is 0 Å². The molecule has 22 N–H and O–H groups in total. The Morgan fingerprint density at radius 3 is 0.968 bits per heavy atom. The first kappa shape index (κ1) is 56.6. The standard InChI is InChI=1S/2C7H7NO3.8H2O.Zn/c2*9-6-1-3-8(4-2-6)5-7(10)11;;;;;;;;;/h2*1-4H,5H2,(H,10,11);8*1H2;/q;;;;;;;;;;+2/p+4. The van der Waals surface area contributed by atoms with Gasteiger partial charge in [0.2, 0.25) is 0 Å². The van der Waals surface area contributed by atoms with Gasteiger partial charge in [-0.15, -0.1) is 0 Å². The minimum atomic E-state index is -1.17. The van der Waals surface area contributed by atoms with Gasteiger partial charge in [0.05, 0.1) is 25.0 Å². The van der Waals surface area contributed by atoms with E-state index in [4.69, 9.17) is 0 Å². The molecule has 0 unspecified atom stereocenters. The largest absolute Gasteiger partial charge is 2.00 e. The Hall–Kier alpha value is -2.86. The summed E-state index contributed by atoms with van der Waals surface area (Å²) in [5.41, 5.74) is -0.279. The maximum Gasteiger partial charge on any atom is 2.00 e. The molecule has 2 rings (SSSR count). The zero-order chi connectivity index (χ0) is 16.5. The molecule has 0 aliphatic heterocycles. The Kier molecular flexibility index (Phi) is 53.6. The van der Waals surface area contributed by atoms with Crippen molar-refractivity contribution in [3.63, 3.8) is 0 Å². The summed E-state index contributed by atoms with van der Waals surface area (Å²) in [6, 6.07) is 5.18. The van der Waals surface area contributed by atoms with Gasteiger partial charge in [-0.05, 0) is 0 Å². The van der Waals surface area contributed by atoms with Crippen molar-refractivity contribution in [3.8, 4) is 0 Å². The summed E-state index contributed by atoms with van der Waals surface area (Å²) in [6.07, 6.45) is 5.60. The number of carbonyl (C=O) groups excluding carboxylic acids is 2. The third-order valence-electron chi connectivity index (χ3n) is 2.34. The molecule has 180 valence electrons. The van der Waals surface area contributed by atoms with E-state index in [0.717, 1.165) is 0 Å². The Bertz CT molecular complexity index is 674. The molecule has 16 nitrogen and oxygen atoms in total. The number of nitrogens with zero attached hydrogens (tertiary/aromatic N) is 2. The van der Waals surface area contributed by atoms with Crippen molar-refractivity contribution in [1.29, 1.82) is 0 Å². The molecular weight excluding hydrogens is 486 g/mol. The summed E-state index contributed by atoms with van der Waals surface area (Å²) in [5.74, 6) is -2.35. The van der Waals surface area contributed by atoms with Crippen LogP contribution in [-0.2, 0) is 75.0 Å². The first-order valence-electron chi connectivity index (χ1n) is 6.09. The van der Waals surface area contributed by atoms with Crippen LogP contribution in [-0.4, -0.2) is 32.0 Å². The van der Waals surface area contributed by atoms with Crippen LogP contribution in [0.3, 0.4) is 0 Å². The first-order valence-corrected chi connectivity index (χ1v) is 6.09. The fraction of sp³-hybridized carbons (Fsp3) is 0.143. The molecule has 2 aromatic rings. The van der Waals surface area contributed by atoms with Gasteiger partial charge in [-0.1, -0.05) is 0 Å². The van der Waals surface area contributed by atoms with Crippen LogP contribution < -0.4 is 21.1 Å². The van der Waals surface area contributed by atoms with Gasteiger partial charge in [-0.3, -0.25) is 9.59 Å². The molecule has 0 aromatic carbocycles. The number of hydrogen-bond donors (Lipinski definition) is 0. The van der Waals surface area contributed by atoms with Gasteiger partial charge < -0.3 is 72.7 Å². The van der Waals surface area contributed by atoms with E-state index >= 15 is 0 Å². The van der Waals surface area contributed by atoms with Crippen LogP contribution in [0, 0.1) is 0 Å². The van der Waals surface area contributed by atoms with E-state index in [1.54, 1.807) is 0 Å². The van der Waals surface area contributed by atoms with E-state index in [9.17, 15) is 29.4 Å². The second-order valence-electron chi connectivity index (χ2n) is 4.16. The van der Waals surface area contributed by atoms with E-state index in [2.05, 4.69) is 0 Å². The van der Waals surface area contributed by atoms with E-state index in [0.29, 0.717) is 0 Å². The molecule has 31 heavy (non-hydrogen) atoms. The number of carboxylic acid groups (broad SMARTS) is 2. The zero-order valence-corrected chi connectivity index (χ0v) is 19.5. The molecule has 0 saturated carbocycles. The fourth-order valence-corrected chi connectivity index (χ4v) is 1.40. The molecule has 2 heterocycles. The number of hydrogen-bond acceptors (Lipinski definition) is 6. The summed E-state index contributed by atoms with van der Waals surface area (Å²) >= 11 is 0. The smallest absolute Gasteiger partial charge is 0.548 e. The number of aromatic nitrogens is 2. The van der Waals surface area contributed by atoms with Crippen molar-refractivity contribution in [2.45, 2.75) is 13.1 Å². The third kappa shape index (κ3) is 27.1. The number of aliphatic carboxylic acids is 2. The van der Waals surface area contributed by atoms with Gasteiger partial charge in [0.1, 0.15) is 0 Å². The van der Waals surface area contributed by atoms with Crippen LogP contribution in [0.15, 0.2) is 58.6 Å². The van der Waals surface area contributed by atoms with Gasteiger partial charge in [0, 0.05) is 49.1 Å². The van der Waals surface area contributed by atoms with E-state index < -0.39 is 11.9 Å². The van der Waals surface area contributed by atoms with Crippen LogP contribution in [0.4, 0.5) is 0 Å². The number of carboxylic acids is 2. The molecule has 0 bridgehead atoms. The van der Waals surface area contributed by atoms with Crippen molar-refractivity contribution in [3.05, 3.63) is 69.5 Å². The maximum absolute atomic E-state index is 10.5. The molecule has 0 amide bonds. The van der Waals surface area contributed by atoms with Gasteiger partial charge >= 0.3 is 19.5 Å². The predicted molar refractivity (Wildman–Crippen MR) is 108 cm³/mol. The van der Waals surface area contributed by atoms with Gasteiger partial charge in [-0.2, -0.15) is 0 Å². The van der Waals surface area contributed by atoms with Crippen LogP contribution in [0.5, 0.6) is 0 Å². The molecule has 0 radical (unpaired) electrons. The summed E-state index contributed by atoms with van der Waals surface area (Å²) in [4.78, 5) is 41.1. The van der Waals surface area contributed by atoms with E-state index in [1.807, 2.05) is 0 Å². The molecule has 0 fully saturated rings. The van der Waals surface area contributed by atoms with E-state index in [1.165, 1.54) is 58.2 Å². The van der Waals surface area contributed by atoms with Crippen molar-refractivity contribution in [2.24, 2.45) is 0 Å². The molecular formula is C14H34N2O14Zn+6. The normalized spacial score (nSPS) is 6.71. The Morgan fingerprint density at radius 2 is 0.806 bits per heavy atom. The Morgan fingerprint density at radius 1 is 0.613 bits per heavy atom. The van der Waals surface area contributed by atoms with Gasteiger partial charge in [0.25, 0.3) is 0 Å². The van der Waals surface area contributed by atoms with Gasteiger partial charge in [-0.25, -0.2) is 0 Å². The topological polar surface area (TPSA) is 385 Å². The molecule has 0 saturated heterocycles. The summed E-state index contributed by atoms with van der Waals surface area (Å²) in [5, 5.41) is 20.1. The van der Waals surface area contributed by atoms with Gasteiger partial charge in [0.15, 0.2) is 10.9 Å². The summed E-state index contributed by atoms with van der Waals surface area (Å²) in [7, 11) is 0. The monoisotopic (exact) mass is 518 g/mol. The second-order valence-corrected chi connectivity index (χ2v) is 4.16. The van der Waals surface area contributed by atoms with Crippen LogP contribution in [0.25, 0.3) is 0 Å². The minimum Gasteiger partial charge on any atom is -0.548 e. The summed E-state index contributed by atoms with van der Waals surface area (Å²) in [6.45, 7) is -0.444. The van der Waals surface area contributed by atoms with Crippen LogP contribution in [0.2, 0.25) is 0 Å². The number of carbonyl (C=O) groups is 2. The molecule has 17 heteroatoms. The molecule has 2 aromatic heterocycles. The average molecular weight is 520 g/mol. The Labute approximate surface area is 187 Å². The minimum absolute atomic E-state index is 0. The van der Waals surface area contributed by atoms with E-state index in [-0.39, 0.29) is 87.2 Å². The first-order chi connectivity index (χ1) is 10.4. The predicted octanol–water partition coefficient (Wildman–Crippen LogP) is -9.99. The Balaban J connectivity index is -0.0000000346. The van der Waals surface area contributed by atoms with Crippen molar-refractivity contribution >= 4 is 11.9 Å². The summed E-state index contributed by atoms with van der Waals surface area (Å²) < 4.78 is 2.72. The second kappa shape index (κ2) is 29.3. The SMILES string of the molecule is O.O.O=C([O-])Cn1ccc(=O)cc1.O=C([O-])Cn1ccc(=O)cc1.[OH3+].[OH3+].[OH3+].[OH3+].[OH3+].[OH3+].[Zn+2]. The fourth-order valence-electron chi connectivity index (χ4n) is 1.40. The molecule has 0 aliphatic rings. The average Bonchev–Trinajstić information content (AvgIpc) is 2.44. The quantitative estimate of drug-likeness (QED) is 0.278. The number of pyridine rings is 2. The third-order valence-corrected chi connectivity index (χ3v) is 2.34. The number of rotatable bonds is 4. The molecule has 0 aliphatic carbocycles.